The van der Waals surface area contributed by atoms with Crippen molar-refractivity contribution in [1.82, 2.24) is 15.0 Å². The number of anilines is 2. The third-order valence-corrected chi connectivity index (χ3v) is 2.90. The molecule has 0 bridgehead atoms. The smallest absolute Gasteiger partial charge is 0.323 e. The van der Waals surface area contributed by atoms with Crippen molar-refractivity contribution in [2.45, 2.75) is 33.7 Å². The van der Waals surface area contributed by atoms with Crippen LogP contribution in [0.15, 0.2) is 0 Å². The Morgan fingerprint density at radius 3 is 2.44 bits per heavy atom. The molecule has 0 spiro atoms. The molecule has 0 fully saturated rings. The molecule has 1 aromatic rings. The molecule has 0 radical (unpaired) electrons. The van der Waals surface area contributed by atoms with Crippen LogP contribution in [0.4, 0.5) is 11.9 Å². The summed E-state index contributed by atoms with van der Waals surface area (Å²) in [5.74, 6) is 6.67. The molecule has 0 aliphatic carbocycles. The largest absolute Gasteiger partial charge is 0.464 e. The zero-order valence-corrected chi connectivity index (χ0v) is 11.6. The fourth-order valence-corrected chi connectivity index (χ4v) is 1.39. The van der Waals surface area contributed by atoms with Gasteiger partial charge in [-0.15, -0.1) is 0 Å². The first-order valence-corrected chi connectivity index (χ1v) is 6.07. The molecule has 3 N–H and O–H groups in total. The van der Waals surface area contributed by atoms with Gasteiger partial charge in [0.15, 0.2) is 0 Å². The summed E-state index contributed by atoms with van der Waals surface area (Å²) in [7, 11) is 1.94. The molecular weight excluding hydrogens is 232 g/mol. The van der Waals surface area contributed by atoms with Gasteiger partial charge < -0.3 is 9.64 Å². The quantitative estimate of drug-likeness (QED) is 0.579. The zero-order chi connectivity index (χ0) is 13.7. The molecule has 7 nitrogen and oxygen atoms in total. The second-order valence-corrected chi connectivity index (χ2v) is 4.41. The standard InChI is InChI=1S/C11H22N6O/c1-6-18-11-14-9(16-12)13-10(15-11)17(5)8(4)7(2)3/h7-8H,6,12H2,1-5H3,(H,13,14,15,16). The van der Waals surface area contributed by atoms with Crippen molar-refractivity contribution >= 4 is 11.9 Å². The highest BCUT2D eigenvalue weighted by atomic mass is 16.5. The maximum absolute atomic E-state index is 5.34. The first-order valence-electron chi connectivity index (χ1n) is 6.07. The van der Waals surface area contributed by atoms with E-state index in [1.54, 1.807) is 0 Å². The molecule has 1 unspecified atom stereocenters. The molecular formula is C11H22N6O. The number of nitrogens with two attached hydrogens (primary N) is 1. The number of hydrogen-bond donors (Lipinski definition) is 2. The van der Waals surface area contributed by atoms with Gasteiger partial charge in [0.1, 0.15) is 0 Å². The molecule has 0 saturated carbocycles. The van der Waals surface area contributed by atoms with Crippen LogP contribution in [0.2, 0.25) is 0 Å². The van der Waals surface area contributed by atoms with E-state index in [1.165, 1.54) is 0 Å². The van der Waals surface area contributed by atoms with Crippen molar-refractivity contribution in [3.05, 3.63) is 0 Å². The lowest BCUT2D eigenvalue weighted by Gasteiger charge is -2.28. The topological polar surface area (TPSA) is 89.2 Å². The molecule has 0 aromatic carbocycles. The van der Waals surface area contributed by atoms with Crippen LogP contribution in [-0.2, 0) is 0 Å². The number of ether oxygens (including phenoxy) is 1. The maximum Gasteiger partial charge on any atom is 0.323 e. The van der Waals surface area contributed by atoms with Gasteiger partial charge in [0.2, 0.25) is 11.9 Å². The Bertz CT molecular complexity index is 384. The minimum absolute atomic E-state index is 0.276. The molecule has 0 saturated heterocycles. The number of aromatic nitrogens is 3. The number of rotatable bonds is 6. The third kappa shape index (κ3) is 3.43. The Labute approximate surface area is 108 Å². The van der Waals surface area contributed by atoms with Crippen LogP contribution in [0.1, 0.15) is 27.7 Å². The second-order valence-electron chi connectivity index (χ2n) is 4.41. The van der Waals surface area contributed by atoms with E-state index < -0.39 is 0 Å². The van der Waals surface area contributed by atoms with E-state index in [0.29, 0.717) is 30.5 Å². The number of nitrogens with one attached hydrogen (secondary N) is 1. The van der Waals surface area contributed by atoms with Crippen molar-refractivity contribution in [2.24, 2.45) is 11.8 Å². The van der Waals surface area contributed by atoms with Gasteiger partial charge in [0.25, 0.3) is 0 Å². The van der Waals surface area contributed by atoms with Crippen LogP contribution in [-0.4, -0.2) is 34.6 Å². The minimum Gasteiger partial charge on any atom is -0.464 e. The normalized spacial score (nSPS) is 12.4. The predicted octanol–water partition coefficient (Wildman–Crippen LogP) is 1.04. The van der Waals surface area contributed by atoms with Crippen molar-refractivity contribution < 1.29 is 4.74 Å². The molecule has 1 heterocycles. The summed E-state index contributed by atoms with van der Waals surface area (Å²) < 4.78 is 5.29. The highest BCUT2D eigenvalue weighted by molar-refractivity contribution is 5.37. The van der Waals surface area contributed by atoms with Crippen LogP contribution in [0.3, 0.4) is 0 Å². The lowest BCUT2D eigenvalue weighted by molar-refractivity contribution is 0.311. The maximum atomic E-state index is 5.34. The zero-order valence-electron chi connectivity index (χ0n) is 11.6. The van der Waals surface area contributed by atoms with E-state index in [0.717, 1.165) is 0 Å². The van der Waals surface area contributed by atoms with Gasteiger partial charge in [-0.3, -0.25) is 5.43 Å². The molecule has 0 aliphatic rings. The summed E-state index contributed by atoms with van der Waals surface area (Å²) >= 11 is 0. The summed E-state index contributed by atoms with van der Waals surface area (Å²) in [5, 5.41) is 0. The van der Waals surface area contributed by atoms with Crippen molar-refractivity contribution in [1.29, 1.82) is 0 Å². The van der Waals surface area contributed by atoms with Crippen LogP contribution in [0, 0.1) is 5.92 Å². The summed E-state index contributed by atoms with van der Waals surface area (Å²) in [6.07, 6.45) is 0. The van der Waals surface area contributed by atoms with Crippen molar-refractivity contribution in [3.63, 3.8) is 0 Å². The Hall–Kier alpha value is -1.63. The molecule has 0 aliphatic heterocycles. The third-order valence-electron chi connectivity index (χ3n) is 2.90. The van der Waals surface area contributed by atoms with E-state index in [-0.39, 0.29) is 6.01 Å². The minimum atomic E-state index is 0.276. The van der Waals surface area contributed by atoms with Gasteiger partial charge in [-0.2, -0.15) is 15.0 Å². The lowest BCUT2D eigenvalue weighted by Crippen LogP contribution is -2.34. The number of hydrogen-bond acceptors (Lipinski definition) is 7. The molecule has 18 heavy (non-hydrogen) atoms. The molecule has 7 heteroatoms. The van der Waals surface area contributed by atoms with Crippen molar-refractivity contribution in [2.75, 3.05) is 24.0 Å². The van der Waals surface area contributed by atoms with Gasteiger partial charge in [0, 0.05) is 13.1 Å². The Morgan fingerprint density at radius 1 is 1.28 bits per heavy atom. The average molecular weight is 254 g/mol. The summed E-state index contributed by atoms with van der Waals surface area (Å²) in [6, 6.07) is 0.575. The van der Waals surface area contributed by atoms with Gasteiger partial charge in [0.05, 0.1) is 6.61 Å². The van der Waals surface area contributed by atoms with Crippen LogP contribution < -0.4 is 20.9 Å². The number of hydrazine groups is 1. The molecule has 102 valence electrons. The number of nitrogens with zero attached hydrogens (tertiary/aromatic N) is 4. The Balaban J connectivity index is 3.03. The summed E-state index contributed by atoms with van der Waals surface area (Å²) in [6.45, 7) is 8.78. The first-order chi connectivity index (χ1) is 8.49. The van der Waals surface area contributed by atoms with Gasteiger partial charge in [-0.25, -0.2) is 5.84 Å². The molecule has 1 rings (SSSR count). The van der Waals surface area contributed by atoms with E-state index in [1.807, 2.05) is 18.9 Å². The van der Waals surface area contributed by atoms with Crippen molar-refractivity contribution in [3.8, 4) is 6.01 Å². The number of nitrogen functional groups attached to an aromatic ring is 1. The average Bonchev–Trinajstić information content (AvgIpc) is 2.36. The van der Waals surface area contributed by atoms with Gasteiger partial charge in [-0.05, 0) is 19.8 Å². The predicted molar refractivity (Wildman–Crippen MR) is 71.5 cm³/mol. The Morgan fingerprint density at radius 2 is 1.94 bits per heavy atom. The molecule has 1 aromatic heterocycles. The fraction of sp³-hybridized carbons (Fsp3) is 0.727. The van der Waals surface area contributed by atoms with Crippen LogP contribution in [0.25, 0.3) is 0 Å². The monoisotopic (exact) mass is 254 g/mol. The van der Waals surface area contributed by atoms with E-state index in [9.17, 15) is 0 Å². The van der Waals surface area contributed by atoms with Crippen LogP contribution >= 0.6 is 0 Å². The highest BCUT2D eigenvalue weighted by Gasteiger charge is 2.18. The molecule has 0 amide bonds. The summed E-state index contributed by atoms with van der Waals surface area (Å²) in [4.78, 5) is 14.5. The van der Waals surface area contributed by atoms with Gasteiger partial charge in [-0.1, -0.05) is 13.8 Å². The lowest BCUT2D eigenvalue weighted by atomic mass is 10.1. The van der Waals surface area contributed by atoms with E-state index >= 15 is 0 Å². The van der Waals surface area contributed by atoms with E-state index in [2.05, 4.69) is 41.1 Å². The summed E-state index contributed by atoms with van der Waals surface area (Å²) in [5.41, 5.74) is 2.42. The van der Waals surface area contributed by atoms with Crippen LogP contribution in [0.5, 0.6) is 6.01 Å². The SMILES string of the molecule is CCOc1nc(NN)nc(N(C)C(C)C(C)C)n1. The van der Waals surface area contributed by atoms with E-state index in [4.69, 9.17) is 10.6 Å². The Kier molecular flexibility index (Phi) is 5.08. The second kappa shape index (κ2) is 6.34. The van der Waals surface area contributed by atoms with Gasteiger partial charge >= 0.3 is 6.01 Å². The molecule has 1 atom stereocenters. The first kappa shape index (κ1) is 14.4. The highest BCUT2D eigenvalue weighted by Crippen LogP contribution is 2.18. The fourth-order valence-electron chi connectivity index (χ4n) is 1.39.